The van der Waals surface area contributed by atoms with Gasteiger partial charge in [-0.2, -0.15) is 0 Å². The number of hydrogen-bond donors (Lipinski definition) is 2. The molecule has 0 aliphatic rings. The van der Waals surface area contributed by atoms with Crippen molar-refractivity contribution in [3.63, 3.8) is 0 Å². The summed E-state index contributed by atoms with van der Waals surface area (Å²) in [6, 6.07) is 13.2. The number of rotatable bonds is 6. The van der Waals surface area contributed by atoms with E-state index in [-0.39, 0.29) is 18.4 Å². The Morgan fingerprint density at radius 3 is 2.62 bits per heavy atom. The summed E-state index contributed by atoms with van der Waals surface area (Å²) < 4.78 is 4.90. The first-order chi connectivity index (χ1) is 10.2. The second kappa shape index (κ2) is 7.28. The Morgan fingerprint density at radius 2 is 1.95 bits per heavy atom. The van der Waals surface area contributed by atoms with Crippen LogP contribution in [0.3, 0.4) is 0 Å². The van der Waals surface area contributed by atoms with E-state index < -0.39 is 5.97 Å². The molecule has 2 rings (SSSR count). The molecule has 0 aliphatic heterocycles. The van der Waals surface area contributed by atoms with Crippen molar-refractivity contribution in [3.8, 4) is 0 Å². The maximum absolute atomic E-state index is 11.7. The van der Waals surface area contributed by atoms with Crippen LogP contribution in [0.15, 0.2) is 48.7 Å². The van der Waals surface area contributed by atoms with Crippen LogP contribution < -0.4 is 5.32 Å². The number of carbonyl (C=O) groups is 2. The smallest absolute Gasteiger partial charge is 0.355 e. The topological polar surface area (TPSA) is 71.2 Å². The van der Waals surface area contributed by atoms with Gasteiger partial charge in [-0.05, 0) is 23.6 Å². The van der Waals surface area contributed by atoms with Gasteiger partial charge in [-0.25, -0.2) is 4.79 Å². The lowest BCUT2D eigenvalue weighted by molar-refractivity contribution is -0.124. The Hall–Kier alpha value is -2.56. The molecule has 1 heterocycles. The number of aromatic nitrogens is 1. The first-order valence-electron chi connectivity index (χ1n) is 6.79. The summed E-state index contributed by atoms with van der Waals surface area (Å²) >= 11 is 0. The van der Waals surface area contributed by atoms with Crippen LogP contribution in [0.4, 0.5) is 0 Å². The third-order valence-corrected chi connectivity index (χ3v) is 3.13. The fraction of sp³-hybridized carbons (Fsp3) is 0.250. The Bertz CT molecular complexity index is 579. The molecule has 2 N–H and O–H groups in total. The highest BCUT2D eigenvalue weighted by Crippen LogP contribution is 2.12. The molecule has 0 fully saturated rings. The van der Waals surface area contributed by atoms with Gasteiger partial charge in [-0.1, -0.05) is 37.3 Å². The average Bonchev–Trinajstić information content (AvgIpc) is 3.05. The van der Waals surface area contributed by atoms with Crippen molar-refractivity contribution in [3.05, 3.63) is 59.9 Å². The molecule has 5 nitrogen and oxygen atoms in total. The van der Waals surface area contributed by atoms with Gasteiger partial charge in [0.05, 0.1) is 0 Å². The Balaban J connectivity index is 1.71. The van der Waals surface area contributed by atoms with E-state index in [4.69, 9.17) is 4.74 Å². The molecular formula is C16H18N2O3. The fourth-order valence-electron chi connectivity index (χ4n) is 1.88. The van der Waals surface area contributed by atoms with Crippen molar-refractivity contribution in [2.75, 3.05) is 13.2 Å². The van der Waals surface area contributed by atoms with Crippen molar-refractivity contribution in [2.45, 2.75) is 12.8 Å². The third-order valence-electron chi connectivity index (χ3n) is 3.13. The Kier molecular flexibility index (Phi) is 5.15. The molecule has 110 valence electrons. The minimum Gasteiger partial charge on any atom is -0.451 e. The summed E-state index contributed by atoms with van der Waals surface area (Å²) in [5.74, 6) is -0.641. The molecule has 0 unspecified atom stereocenters. The largest absolute Gasteiger partial charge is 0.451 e. The number of amides is 1. The number of hydrogen-bond acceptors (Lipinski definition) is 3. The highest BCUT2D eigenvalue weighted by molar-refractivity contribution is 5.89. The summed E-state index contributed by atoms with van der Waals surface area (Å²) in [7, 11) is 0. The minimum atomic E-state index is -0.536. The van der Waals surface area contributed by atoms with Crippen molar-refractivity contribution in [2.24, 2.45) is 0 Å². The lowest BCUT2D eigenvalue weighted by Crippen LogP contribution is -2.31. The van der Waals surface area contributed by atoms with Gasteiger partial charge in [0.15, 0.2) is 6.61 Å². The van der Waals surface area contributed by atoms with Crippen LogP contribution in [-0.2, 0) is 9.53 Å². The molecule has 0 saturated carbocycles. The SMILES string of the molecule is C[C@@H](CNC(=O)COC(=O)c1ccc[nH]1)c1ccccc1. The molecule has 1 atom stereocenters. The van der Waals surface area contributed by atoms with Gasteiger partial charge in [-0.15, -0.1) is 0 Å². The van der Waals surface area contributed by atoms with Crippen LogP contribution in [0.25, 0.3) is 0 Å². The Morgan fingerprint density at radius 1 is 1.19 bits per heavy atom. The molecule has 5 heteroatoms. The van der Waals surface area contributed by atoms with Crippen molar-refractivity contribution in [1.29, 1.82) is 0 Å². The standard InChI is InChI=1S/C16H18N2O3/c1-12(13-6-3-2-4-7-13)10-18-15(19)11-21-16(20)14-8-5-9-17-14/h2-9,12,17H,10-11H2,1H3,(H,18,19)/t12-/m0/s1. The number of benzene rings is 1. The number of carbonyl (C=O) groups excluding carboxylic acids is 2. The molecule has 2 aromatic rings. The summed E-state index contributed by atoms with van der Waals surface area (Å²) in [5.41, 5.74) is 1.49. The molecule has 0 saturated heterocycles. The van der Waals surface area contributed by atoms with Crippen LogP contribution >= 0.6 is 0 Å². The van der Waals surface area contributed by atoms with Gasteiger partial charge in [0.1, 0.15) is 5.69 Å². The average molecular weight is 286 g/mol. The second-order valence-corrected chi connectivity index (χ2v) is 4.78. The number of H-pyrrole nitrogens is 1. The summed E-state index contributed by atoms with van der Waals surface area (Å²) in [6.07, 6.45) is 1.62. The van der Waals surface area contributed by atoms with Gasteiger partial charge >= 0.3 is 5.97 Å². The normalized spacial score (nSPS) is 11.7. The van der Waals surface area contributed by atoms with E-state index in [1.807, 2.05) is 37.3 Å². The highest BCUT2D eigenvalue weighted by atomic mass is 16.5. The van der Waals surface area contributed by atoms with Crippen LogP contribution in [0, 0.1) is 0 Å². The number of nitrogens with one attached hydrogen (secondary N) is 2. The Labute approximate surface area is 123 Å². The quantitative estimate of drug-likeness (QED) is 0.799. The maximum atomic E-state index is 11.7. The summed E-state index contributed by atoms with van der Waals surface area (Å²) in [4.78, 5) is 25.9. The zero-order valence-electron chi connectivity index (χ0n) is 11.8. The highest BCUT2D eigenvalue weighted by Gasteiger charge is 2.11. The maximum Gasteiger partial charge on any atom is 0.355 e. The molecule has 0 aliphatic carbocycles. The molecule has 1 aromatic heterocycles. The minimum absolute atomic E-state index is 0.203. The van der Waals surface area contributed by atoms with Crippen molar-refractivity contribution < 1.29 is 14.3 Å². The van der Waals surface area contributed by atoms with Gasteiger partial charge in [-0.3, -0.25) is 4.79 Å². The van der Waals surface area contributed by atoms with E-state index in [9.17, 15) is 9.59 Å². The molecular weight excluding hydrogens is 268 g/mol. The lowest BCUT2D eigenvalue weighted by Gasteiger charge is -2.13. The van der Waals surface area contributed by atoms with E-state index in [0.29, 0.717) is 12.2 Å². The fourth-order valence-corrected chi connectivity index (χ4v) is 1.88. The molecule has 1 amide bonds. The van der Waals surface area contributed by atoms with Crippen LogP contribution in [-0.4, -0.2) is 30.0 Å². The van der Waals surface area contributed by atoms with Gasteiger partial charge in [0.25, 0.3) is 5.91 Å². The van der Waals surface area contributed by atoms with E-state index in [1.54, 1.807) is 18.3 Å². The first-order valence-corrected chi connectivity index (χ1v) is 6.79. The third kappa shape index (κ3) is 4.49. The molecule has 21 heavy (non-hydrogen) atoms. The van der Waals surface area contributed by atoms with Crippen LogP contribution in [0.1, 0.15) is 28.9 Å². The van der Waals surface area contributed by atoms with Crippen LogP contribution in [0.2, 0.25) is 0 Å². The summed E-state index contributed by atoms with van der Waals surface area (Å²) in [5, 5.41) is 2.76. The lowest BCUT2D eigenvalue weighted by atomic mass is 10.0. The zero-order chi connectivity index (χ0) is 15.1. The van der Waals surface area contributed by atoms with E-state index in [0.717, 1.165) is 5.56 Å². The van der Waals surface area contributed by atoms with Crippen molar-refractivity contribution in [1.82, 2.24) is 10.3 Å². The molecule has 0 bridgehead atoms. The monoisotopic (exact) mass is 286 g/mol. The van der Waals surface area contributed by atoms with Gasteiger partial charge in [0, 0.05) is 12.7 Å². The van der Waals surface area contributed by atoms with E-state index in [2.05, 4.69) is 10.3 Å². The van der Waals surface area contributed by atoms with Gasteiger partial charge < -0.3 is 15.0 Å². The summed E-state index contributed by atoms with van der Waals surface area (Å²) in [6.45, 7) is 2.25. The predicted molar refractivity (Wildman–Crippen MR) is 78.9 cm³/mol. The molecule has 0 spiro atoms. The molecule has 0 radical (unpaired) electrons. The zero-order valence-corrected chi connectivity index (χ0v) is 11.8. The van der Waals surface area contributed by atoms with Crippen LogP contribution in [0.5, 0.6) is 0 Å². The van der Waals surface area contributed by atoms with E-state index in [1.165, 1.54) is 0 Å². The first kappa shape index (κ1) is 14.8. The van der Waals surface area contributed by atoms with Crippen molar-refractivity contribution >= 4 is 11.9 Å². The molecule has 1 aromatic carbocycles. The van der Waals surface area contributed by atoms with E-state index >= 15 is 0 Å². The van der Waals surface area contributed by atoms with Gasteiger partial charge in [0.2, 0.25) is 0 Å². The number of aromatic amines is 1. The predicted octanol–water partition coefficient (Wildman–Crippen LogP) is 2.09. The number of esters is 1. The number of ether oxygens (including phenoxy) is 1. The second-order valence-electron chi connectivity index (χ2n) is 4.78.